The Kier molecular flexibility index (Phi) is 4.45. The molecule has 0 saturated carbocycles. The van der Waals surface area contributed by atoms with Crippen molar-refractivity contribution in [2.75, 3.05) is 18.5 Å². The molecule has 2 amide bonds. The fraction of sp³-hybridized carbons (Fsp3) is 0.294. The van der Waals surface area contributed by atoms with E-state index < -0.39 is 12.5 Å². The Hall–Kier alpha value is -2.18. The van der Waals surface area contributed by atoms with Crippen LogP contribution in [0.4, 0.5) is 5.69 Å². The number of anilines is 1. The quantitative estimate of drug-likeness (QED) is 0.906. The van der Waals surface area contributed by atoms with E-state index >= 15 is 0 Å². The highest BCUT2D eigenvalue weighted by Crippen LogP contribution is 2.27. The number of carbonyl (C=O) groups excluding carboxylic acids is 2. The maximum absolute atomic E-state index is 12.8. The van der Waals surface area contributed by atoms with Gasteiger partial charge in [0, 0.05) is 29.2 Å². The Bertz CT molecular complexity index is 754. The number of nitrogens with one attached hydrogen (secondary N) is 1. The molecule has 5 nitrogen and oxygen atoms in total. The molecular formula is C17H18N2O3S. The Labute approximate surface area is 138 Å². The molecule has 0 unspecified atom stereocenters. The first-order chi connectivity index (χ1) is 11.1. The standard InChI is InChI=1S/C17H18N2O3S/c1-11-13(3-2-4-14(11)18-16(21)10-20)17(22)19-7-5-15-12(9-19)6-8-23-15/h2-4,6,8,20H,5,7,9-10H2,1H3,(H,18,21). The van der Waals surface area contributed by atoms with Crippen molar-refractivity contribution >= 4 is 28.8 Å². The van der Waals surface area contributed by atoms with Crippen LogP contribution in [-0.4, -0.2) is 35.0 Å². The van der Waals surface area contributed by atoms with Crippen LogP contribution in [-0.2, 0) is 17.8 Å². The van der Waals surface area contributed by atoms with Gasteiger partial charge in [0.1, 0.15) is 6.61 Å². The molecule has 3 rings (SSSR count). The molecule has 23 heavy (non-hydrogen) atoms. The van der Waals surface area contributed by atoms with Gasteiger partial charge in [0.05, 0.1) is 0 Å². The number of aliphatic hydroxyl groups is 1. The topological polar surface area (TPSA) is 69.6 Å². The number of aliphatic hydroxyl groups excluding tert-OH is 1. The van der Waals surface area contributed by atoms with Crippen molar-refractivity contribution in [1.29, 1.82) is 0 Å². The average Bonchev–Trinajstić information content (AvgIpc) is 3.03. The van der Waals surface area contributed by atoms with E-state index in [0.29, 0.717) is 24.3 Å². The summed E-state index contributed by atoms with van der Waals surface area (Å²) < 4.78 is 0. The van der Waals surface area contributed by atoms with E-state index in [4.69, 9.17) is 5.11 Å². The third-order valence-corrected chi connectivity index (χ3v) is 5.10. The fourth-order valence-electron chi connectivity index (χ4n) is 2.78. The molecule has 1 aromatic carbocycles. The number of amides is 2. The number of nitrogens with zero attached hydrogens (tertiary/aromatic N) is 1. The zero-order valence-corrected chi connectivity index (χ0v) is 13.7. The number of carbonyl (C=O) groups is 2. The SMILES string of the molecule is Cc1c(NC(=O)CO)cccc1C(=O)N1CCc2sccc2C1. The number of fused-ring (bicyclic) bond motifs is 1. The predicted octanol–water partition coefficient (Wildman–Crippen LogP) is 2.19. The number of benzene rings is 1. The van der Waals surface area contributed by atoms with Crippen molar-refractivity contribution in [3.8, 4) is 0 Å². The van der Waals surface area contributed by atoms with Crippen LogP contribution in [0.15, 0.2) is 29.6 Å². The van der Waals surface area contributed by atoms with E-state index in [9.17, 15) is 9.59 Å². The molecular weight excluding hydrogens is 312 g/mol. The summed E-state index contributed by atoms with van der Waals surface area (Å²) in [6.45, 7) is 2.56. The molecule has 2 aromatic rings. The molecule has 120 valence electrons. The minimum atomic E-state index is -0.579. The van der Waals surface area contributed by atoms with Gasteiger partial charge in [-0.1, -0.05) is 6.07 Å². The monoisotopic (exact) mass is 330 g/mol. The van der Waals surface area contributed by atoms with Crippen molar-refractivity contribution in [3.63, 3.8) is 0 Å². The molecule has 0 radical (unpaired) electrons. The summed E-state index contributed by atoms with van der Waals surface area (Å²) in [5.74, 6) is -0.516. The maximum atomic E-state index is 12.8. The Balaban J connectivity index is 1.83. The molecule has 6 heteroatoms. The fourth-order valence-corrected chi connectivity index (χ4v) is 3.67. The van der Waals surface area contributed by atoms with Gasteiger partial charge in [-0.3, -0.25) is 9.59 Å². The molecule has 0 spiro atoms. The lowest BCUT2D eigenvalue weighted by Crippen LogP contribution is -2.35. The van der Waals surface area contributed by atoms with Crippen LogP contribution in [0.1, 0.15) is 26.4 Å². The minimum Gasteiger partial charge on any atom is -0.387 e. The van der Waals surface area contributed by atoms with Gasteiger partial charge in [-0.2, -0.15) is 0 Å². The molecule has 0 aliphatic carbocycles. The summed E-state index contributed by atoms with van der Waals surface area (Å²) >= 11 is 1.74. The van der Waals surface area contributed by atoms with Gasteiger partial charge in [-0.25, -0.2) is 0 Å². The van der Waals surface area contributed by atoms with Crippen LogP contribution in [0, 0.1) is 6.92 Å². The molecule has 0 saturated heterocycles. The molecule has 1 aliphatic rings. The van der Waals surface area contributed by atoms with Crippen molar-refractivity contribution in [2.24, 2.45) is 0 Å². The zero-order chi connectivity index (χ0) is 16.4. The maximum Gasteiger partial charge on any atom is 0.254 e. The van der Waals surface area contributed by atoms with E-state index in [1.807, 2.05) is 4.90 Å². The molecule has 1 aromatic heterocycles. The van der Waals surface area contributed by atoms with Crippen LogP contribution in [0.5, 0.6) is 0 Å². The van der Waals surface area contributed by atoms with Crippen LogP contribution in [0.3, 0.4) is 0 Å². The van der Waals surface area contributed by atoms with E-state index in [1.54, 1.807) is 36.5 Å². The Morgan fingerprint density at radius 1 is 1.35 bits per heavy atom. The lowest BCUT2D eigenvalue weighted by atomic mass is 10.0. The summed E-state index contributed by atoms with van der Waals surface area (Å²) in [6, 6.07) is 7.32. The van der Waals surface area contributed by atoms with Gasteiger partial charge in [-0.15, -0.1) is 11.3 Å². The highest BCUT2D eigenvalue weighted by atomic mass is 32.1. The second-order valence-corrected chi connectivity index (χ2v) is 6.53. The normalized spacial score (nSPS) is 13.6. The highest BCUT2D eigenvalue weighted by Gasteiger charge is 2.24. The second kappa shape index (κ2) is 6.52. The second-order valence-electron chi connectivity index (χ2n) is 5.53. The third-order valence-electron chi connectivity index (χ3n) is 4.08. The first kappa shape index (κ1) is 15.7. The van der Waals surface area contributed by atoms with Gasteiger partial charge in [0.15, 0.2) is 0 Å². The van der Waals surface area contributed by atoms with Crippen molar-refractivity contribution in [2.45, 2.75) is 19.9 Å². The van der Waals surface area contributed by atoms with Crippen LogP contribution in [0.2, 0.25) is 0 Å². The highest BCUT2D eigenvalue weighted by molar-refractivity contribution is 7.10. The van der Waals surface area contributed by atoms with Gasteiger partial charge >= 0.3 is 0 Å². The number of thiophene rings is 1. The summed E-state index contributed by atoms with van der Waals surface area (Å²) in [4.78, 5) is 27.4. The first-order valence-electron chi connectivity index (χ1n) is 7.45. The molecule has 0 bridgehead atoms. The Morgan fingerprint density at radius 2 is 2.17 bits per heavy atom. The summed E-state index contributed by atoms with van der Waals surface area (Å²) in [7, 11) is 0. The zero-order valence-electron chi connectivity index (χ0n) is 12.8. The summed E-state index contributed by atoms with van der Waals surface area (Å²) in [5, 5.41) is 13.5. The van der Waals surface area contributed by atoms with Gasteiger partial charge in [0.25, 0.3) is 5.91 Å². The number of hydrogen-bond acceptors (Lipinski definition) is 4. The van der Waals surface area contributed by atoms with Crippen LogP contribution < -0.4 is 5.32 Å². The molecule has 2 N–H and O–H groups in total. The Morgan fingerprint density at radius 3 is 2.96 bits per heavy atom. The molecule has 0 atom stereocenters. The summed E-state index contributed by atoms with van der Waals surface area (Å²) in [6.07, 6.45) is 0.888. The number of rotatable bonds is 3. The van der Waals surface area contributed by atoms with Crippen molar-refractivity contribution < 1.29 is 14.7 Å². The lowest BCUT2D eigenvalue weighted by molar-refractivity contribution is -0.118. The number of hydrogen-bond donors (Lipinski definition) is 2. The molecule has 1 aliphatic heterocycles. The van der Waals surface area contributed by atoms with Gasteiger partial charge in [-0.05, 0) is 48.1 Å². The van der Waals surface area contributed by atoms with Gasteiger partial charge in [0.2, 0.25) is 5.91 Å². The van der Waals surface area contributed by atoms with E-state index in [1.165, 1.54) is 10.4 Å². The molecule has 2 heterocycles. The predicted molar refractivity (Wildman–Crippen MR) is 89.7 cm³/mol. The van der Waals surface area contributed by atoms with Crippen LogP contribution in [0.25, 0.3) is 0 Å². The summed E-state index contributed by atoms with van der Waals surface area (Å²) in [5.41, 5.74) is 3.08. The third kappa shape index (κ3) is 3.13. The van der Waals surface area contributed by atoms with E-state index in [0.717, 1.165) is 12.0 Å². The minimum absolute atomic E-state index is 0.0283. The largest absolute Gasteiger partial charge is 0.387 e. The van der Waals surface area contributed by atoms with Gasteiger partial charge < -0.3 is 15.3 Å². The smallest absolute Gasteiger partial charge is 0.254 e. The van der Waals surface area contributed by atoms with Crippen LogP contribution >= 0.6 is 11.3 Å². The van der Waals surface area contributed by atoms with E-state index in [-0.39, 0.29) is 5.91 Å². The lowest BCUT2D eigenvalue weighted by Gasteiger charge is -2.28. The van der Waals surface area contributed by atoms with E-state index in [2.05, 4.69) is 16.8 Å². The molecule has 0 fully saturated rings. The van der Waals surface area contributed by atoms with Crippen molar-refractivity contribution in [3.05, 3.63) is 51.2 Å². The van der Waals surface area contributed by atoms with Crippen molar-refractivity contribution in [1.82, 2.24) is 4.90 Å². The average molecular weight is 330 g/mol. The first-order valence-corrected chi connectivity index (χ1v) is 8.33.